The van der Waals surface area contributed by atoms with Crippen LogP contribution in [0.5, 0.6) is 0 Å². The summed E-state index contributed by atoms with van der Waals surface area (Å²) in [6.45, 7) is 8.81. The summed E-state index contributed by atoms with van der Waals surface area (Å²) in [6.07, 6.45) is 9.58. The van der Waals surface area contributed by atoms with Gasteiger partial charge in [-0.3, -0.25) is 0 Å². The Bertz CT molecular complexity index is 314. The molecule has 0 bridgehead atoms. The first-order valence-corrected chi connectivity index (χ1v) is 7.94. The maximum absolute atomic E-state index is 12.7. The molecule has 3 nitrogen and oxygen atoms in total. The van der Waals surface area contributed by atoms with Crippen LogP contribution in [0.4, 0.5) is 4.79 Å². The van der Waals surface area contributed by atoms with Gasteiger partial charge in [-0.1, -0.05) is 19.3 Å². The van der Waals surface area contributed by atoms with Crippen LogP contribution in [-0.2, 0) is 0 Å². The Labute approximate surface area is 118 Å². The number of nitrogens with zero attached hydrogens (tertiary/aromatic N) is 1. The van der Waals surface area contributed by atoms with E-state index in [-0.39, 0.29) is 17.1 Å². The molecule has 3 heteroatoms. The van der Waals surface area contributed by atoms with E-state index in [4.69, 9.17) is 0 Å². The highest BCUT2D eigenvalue weighted by atomic mass is 16.2. The predicted molar refractivity (Wildman–Crippen MR) is 79.3 cm³/mol. The van der Waals surface area contributed by atoms with E-state index < -0.39 is 0 Å². The normalized spacial score (nSPS) is 27.1. The van der Waals surface area contributed by atoms with Crippen LogP contribution in [0, 0.1) is 0 Å². The number of hydrogen-bond acceptors (Lipinski definition) is 1. The van der Waals surface area contributed by atoms with Crippen LogP contribution in [0.15, 0.2) is 0 Å². The number of amides is 2. The van der Waals surface area contributed by atoms with E-state index in [1.54, 1.807) is 0 Å². The van der Waals surface area contributed by atoms with Crippen molar-refractivity contribution >= 4 is 6.03 Å². The van der Waals surface area contributed by atoms with Crippen molar-refractivity contribution in [3.05, 3.63) is 0 Å². The largest absolute Gasteiger partial charge is 0.335 e. The minimum atomic E-state index is -0.0273. The van der Waals surface area contributed by atoms with Crippen LogP contribution < -0.4 is 5.32 Å². The van der Waals surface area contributed by atoms with Gasteiger partial charge in [-0.2, -0.15) is 0 Å². The zero-order chi connectivity index (χ0) is 14.1. The zero-order valence-corrected chi connectivity index (χ0v) is 13.1. The summed E-state index contributed by atoms with van der Waals surface area (Å²) in [5.41, 5.74) is -0.0546. The van der Waals surface area contributed by atoms with Gasteiger partial charge in [-0.15, -0.1) is 0 Å². The van der Waals surface area contributed by atoms with Crippen LogP contribution in [0.3, 0.4) is 0 Å². The molecule has 0 unspecified atom stereocenters. The van der Waals surface area contributed by atoms with Gasteiger partial charge in [0, 0.05) is 17.1 Å². The van der Waals surface area contributed by atoms with Gasteiger partial charge in [0.1, 0.15) is 0 Å². The third-order valence-corrected chi connectivity index (χ3v) is 4.92. The monoisotopic (exact) mass is 266 g/mol. The van der Waals surface area contributed by atoms with Crippen molar-refractivity contribution in [2.75, 3.05) is 0 Å². The number of carbonyl (C=O) groups excluding carboxylic acids is 1. The molecule has 1 heterocycles. The smallest absolute Gasteiger partial charge is 0.318 e. The second-order valence-electron chi connectivity index (χ2n) is 7.60. The van der Waals surface area contributed by atoms with E-state index in [0.29, 0.717) is 6.04 Å². The lowest BCUT2D eigenvalue weighted by Crippen LogP contribution is -2.64. The Balaban J connectivity index is 2.06. The fourth-order valence-corrected chi connectivity index (χ4v) is 4.03. The second kappa shape index (κ2) is 5.34. The van der Waals surface area contributed by atoms with E-state index in [2.05, 4.69) is 37.9 Å². The molecule has 0 aromatic heterocycles. The molecule has 0 aromatic carbocycles. The number of carbonyl (C=O) groups is 1. The quantitative estimate of drug-likeness (QED) is 0.762. The lowest BCUT2D eigenvalue weighted by Gasteiger charge is -2.53. The molecule has 2 amide bonds. The molecule has 2 rings (SSSR count). The van der Waals surface area contributed by atoms with Gasteiger partial charge >= 0.3 is 6.03 Å². The topological polar surface area (TPSA) is 32.3 Å². The Morgan fingerprint density at radius 3 is 2.00 bits per heavy atom. The summed E-state index contributed by atoms with van der Waals surface area (Å²) in [4.78, 5) is 14.8. The van der Waals surface area contributed by atoms with Crippen LogP contribution in [0.2, 0.25) is 0 Å². The molecular weight excluding hydrogens is 236 g/mol. The van der Waals surface area contributed by atoms with Crippen molar-refractivity contribution in [3.63, 3.8) is 0 Å². The van der Waals surface area contributed by atoms with Crippen molar-refractivity contribution < 1.29 is 4.79 Å². The highest BCUT2D eigenvalue weighted by Gasteiger charge is 2.44. The van der Waals surface area contributed by atoms with Gasteiger partial charge in [-0.05, 0) is 59.8 Å². The Kier molecular flexibility index (Phi) is 4.12. The van der Waals surface area contributed by atoms with Crippen molar-refractivity contribution in [2.24, 2.45) is 0 Å². The second-order valence-corrected chi connectivity index (χ2v) is 7.60. The lowest BCUT2D eigenvalue weighted by atomic mass is 9.80. The highest BCUT2D eigenvalue weighted by molar-refractivity contribution is 5.76. The maximum atomic E-state index is 12.7. The molecule has 0 aromatic rings. The summed E-state index contributed by atoms with van der Waals surface area (Å²) in [7, 11) is 0. The highest BCUT2D eigenvalue weighted by Crippen LogP contribution is 2.38. The fourth-order valence-electron chi connectivity index (χ4n) is 4.03. The van der Waals surface area contributed by atoms with E-state index in [0.717, 1.165) is 25.7 Å². The SMILES string of the molecule is CC1(C)CCCC(C)(C)N1C(=O)NC1CCCCC1. The number of urea groups is 1. The molecule has 0 atom stereocenters. The molecule has 2 aliphatic rings. The summed E-state index contributed by atoms with van der Waals surface area (Å²) in [5.74, 6) is 0. The van der Waals surface area contributed by atoms with E-state index >= 15 is 0 Å². The average molecular weight is 266 g/mol. The lowest BCUT2D eigenvalue weighted by molar-refractivity contribution is 0.0101. The van der Waals surface area contributed by atoms with E-state index in [1.165, 1.54) is 25.7 Å². The van der Waals surface area contributed by atoms with Crippen LogP contribution in [-0.4, -0.2) is 28.1 Å². The van der Waals surface area contributed by atoms with E-state index in [1.807, 2.05) is 0 Å². The first kappa shape index (κ1) is 14.7. The molecule has 1 saturated carbocycles. The number of piperidine rings is 1. The molecule has 19 heavy (non-hydrogen) atoms. The van der Waals surface area contributed by atoms with Gasteiger partial charge in [-0.25, -0.2) is 4.79 Å². The zero-order valence-electron chi connectivity index (χ0n) is 13.1. The van der Waals surface area contributed by atoms with Gasteiger partial charge in [0.05, 0.1) is 0 Å². The minimum Gasteiger partial charge on any atom is -0.335 e. The number of hydrogen-bond donors (Lipinski definition) is 1. The fraction of sp³-hybridized carbons (Fsp3) is 0.938. The Hall–Kier alpha value is -0.730. The standard InChI is InChI=1S/C16H30N2O/c1-15(2)11-8-12-16(3,4)18(15)14(19)17-13-9-6-5-7-10-13/h13H,5-12H2,1-4H3,(H,17,19). The summed E-state index contributed by atoms with van der Waals surface area (Å²) in [5, 5.41) is 3.29. The first-order chi connectivity index (χ1) is 8.83. The van der Waals surface area contributed by atoms with Gasteiger partial charge in [0.2, 0.25) is 0 Å². The molecule has 1 N–H and O–H groups in total. The summed E-state index contributed by atoms with van der Waals surface area (Å²) >= 11 is 0. The predicted octanol–water partition coefficient (Wildman–Crippen LogP) is 4.07. The molecule has 1 aliphatic heterocycles. The molecule has 0 radical (unpaired) electrons. The van der Waals surface area contributed by atoms with Crippen molar-refractivity contribution in [1.82, 2.24) is 10.2 Å². The third kappa shape index (κ3) is 3.24. The van der Waals surface area contributed by atoms with E-state index in [9.17, 15) is 4.79 Å². The molecule has 110 valence electrons. The third-order valence-electron chi connectivity index (χ3n) is 4.92. The molecule has 0 spiro atoms. The van der Waals surface area contributed by atoms with Gasteiger partial charge in [0.25, 0.3) is 0 Å². The Morgan fingerprint density at radius 1 is 0.947 bits per heavy atom. The number of likely N-dealkylation sites (tertiary alicyclic amines) is 1. The van der Waals surface area contributed by atoms with Gasteiger partial charge in [0.15, 0.2) is 0 Å². The summed E-state index contributed by atoms with van der Waals surface area (Å²) < 4.78 is 0. The van der Waals surface area contributed by atoms with Crippen molar-refractivity contribution in [3.8, 4) is 0 Å². The number of rotatable bonds is 1. The van der Waals surface area contributed by atoms with Crippen LogP contribution in [0.1, 0.15) is 79.1 Å². The van der Waals surface area contributed by atoms with Crippen LogP contribution >= 0.6 is 0 Å². The van der Waals surface area contributed by atoms with Gasteiger partial charge < -0.3 is 10.2 Å². The molecular formula is C16H30N2O. The Morgan fingerprint density at radius 2 is 1.47 bits per heavy atom. The first-order valence-electron chi connectivity index (χ1n) is 7.94. The molecule has 1 saturated heterocycles. The van der Waals surface area contributed by atoms with Crippen LogP contribution in [0.25, 0.3) is 0 Å². The summed E-state index contributed by atoms with van der Waals surface area (Å²) in [6, 6.07) is 0.552. The van der Waals surface area contributed by atoms with Crippen molar-refractivity contribution in [1.29, 1.82) is 0 Å². The minimum absolute atomic E-state index is 0.0273. The van der Waals surface area contributed by atoms with Crippen molar-refractivity contribution in [2.45, 2.75) is 96.2 Å². The maximum Gasteiger partial charge on any atom is 0.318 e. The molecule has 1 aliphatic carbocycles. The molecule has 2 fully saturated rings. The number of nitrogens with one attached hydrogen (secondary N) is 1. The average Bonchev–Trinajstić information content (AvgIpc) is 2.27.